The van der Waals surface area contributed by atoms with E-state index in [1.165, 1.54) is 4.90 Å². The molecule has 5 N–H and O–H groups in total. The molecule has 8 nitrogen and oxygen atoms in total. The van der Waals surface area contributed by atoms with Gasteiger partial charge in [0.15, 0.2) is 0 Å². The third kappa shape index (κ3) is 2.71. The Kier molecular flexibility index (Phi) is 4.78. The molecule has 2 heterocycles. The van der Waals surface area contributed by atoms with Crippen molar-refractivity contribution in [1.82, 2.24) is 4.90 Å². The van der Waals surface area contributed by atoms with Crippen molar-refractivity contribution in [3.63, 3.8) is 0 Å². The number of aliphatic carboxylic acids is 2. The minimum atomic E-state index is -1.23. The number of hydrogen-bond donors (Lipinski definition) is 4. The number of carboxylic acid groups (broad SMARTS) is 2. The van der Waals surface area contributed by atoms with Gasteiger partial charge in [-0.3, -0.25) is 9.59 Å². The molecule has 0 spiro atoms. The summed E-state index contributed by atoms with van der Waals surface area (Å²) in [6.07, 6.45) is -0.0730. The van der Waals surface area contributed by atoms with Crippen LogP contribution in [0, 0.1) is 5.92 Å². The second-order valence-electron chi connectivity index (χ2n) is 5.31. The van der Waals surface area contributed by atoms with Crippen molar-refractivity contribution in [2.24, 2.45) is 11.7 Å². The average Bonchev–Trinajstić information content (AvgIpc) is 2.79. The maximum absolute atomic E-state index is 12.1. The number of carboxylic acids is 2. The molecule has 0 aromatic heterocycles. The Morgan fingerprint density at radius 2 is 2.09 bits per heavy atom. The first-order valence-electron chi connectivity index (χ1n) is 6.88. The second kappa shape index (κ2) is 6.27. The quantitative estimate of drug-likeness (QED) is 0.455. The standard InChI is InChI=1S/C13H18N2O6S/c1-2-7(16)9-6-3-8(22-4-5(14)12(18)19)10(13(20)21)15(6)11(9)17/h5-7,9,16H,2-4,14H2,1H3,(H,18,19)(H,20,21)/t5-,6+,7?,9-/m0/s1. The van der Waals surface area contributed by atoms with Crippen LogP contribution in [0.4, 0.5) is 0 Å². The number of carbonyl (C=O) groups is 3. The van der Waals surface area contributed by atoms with Crippen LogP contribution in [0.3, 0.4) is 0 Å². The summed E-state index contributed by atoms with van der Waals surface area (Å²) in [6.45, 7) is 1.75. The zero-order chi connectivity index (χ0) is 16.6. The number of β-lactam (4-membered cyclic amide) rings is 1. The van der Waals surface area contributed by atoms with Crippen LogP contribution in [-0.4, -0.2) is 62.0 Å². The molecule has 122 valence electrons. The van der Waals surface area contributed by atoms with Crippen molar-refractivity contribution in [3.8, 4) is 0 Å². The Morgan fingerprint density at radius 1 is 1.45 bits per heavy atom. The Labute approximate surface area is 131 Å². The molecule has 2 aliphatic heterocycles. The molecule has 0 saturated carbocycles. The smallest absolute Gasteiger partial charge is 0.353 e. The number of thioether (sulfide) groups is 1. The monoisotopic (exact) mass is 330 g/mol. The number of amides is 1. The van der Waals surface area contributed by atoms with E-state index in [-0.39, 0.29) is 17.5 Å². The van der Waals surface area contributed by atoms with Gasteiger partial charge in [-0.2, -0.15) is 0 Å². The van der Waals surface area contributed by atoms with E-state index < -0.39 is 35.9 Å². The van der Waals surface area contributed by atoms with Crippen LogP contribution in [0.1, 0.15) is 19.8 Å². The summed E-state index contributed by atoms with van der Waals surface area (Å²) in [7, 11) is 0. The Bertz CT molecular complexity index is 549. The van der Waals surface area contributed by atoms with E-state index in [4.69, 9.17) is 10.8 Å². The van der Waals surface area contributed by atoms with E-state index in [1.807, 2.05) is 0 Å². The summed E-state index contributed by atoms with van der Waals surface area (Å²) in [5, 5.41) is 28.0. The Balaban J connectivity index is 2.15. The van der Waals surface area contributed by atoms with Crippen molar-refractivity contribution in [1.29, 1.82) is 0 Å². The molecule has 2 aliphatic rings. The fourth-order valence-corrected chi connectivity index (χ4v) is 3.90. The molecule has 1 unspecified atom stereocenters. The average molecular weight is 330 g/mol. The lowest BCUT2D eigenvalue weighted by Gasteiger charge is -2.45. The molecule has 1 saturated heterocycles. The lowest BCUT2D eigenvalue weighted by Crippen LogP contribution is -2.62. The Hall–Kier alpha value is -1.58. The SMILES string of the molecule is CCC(O)[C@H]1C(=O)N2C(C(=O)O)=C(SC[C@H](N)C(=O)O)C[C@H]12. The van der Waals surface area contributed by atoms with Crippen LogP contribution in [0.5, 0.6) is 0 Å². The third-order valence-electron chi connectivity index (χ3n) is 3.96. The number of fused-ring (bicyclic) bond motifs is 1. The topological polar surface area (TPSA) is 141 Å². The molecule has 9 heteroatoms. The molecule has 2 rings (SSSR count). The molecule has 0 aromatic carbocycles. The fourth-order valence-electron chi connectivity index (χ4n) is 2.77. The van der Waals surface area contributed by atoms with E-state index in [0.717, 1.165) is 11.8 Å². The van der Waals surface area contributed by atoms with E-state index >= 15 is 0 Å². The second-order valence-corrected chi connectivity index (χ2v) is 6.43. The maximum Gasteiger partial charge on any atom is 0.353 e. The first-order chi connectivity index (χ1) is 10.3. The highest BCUT2D eigenvalue weighted by Gasteiger charge is 2.57. The lowest BCUT2D eigenvalue weighted by atomic mass is 9.82. The molecule has 0 bridgehead atoms. The van der Waals surface area contributed by atoms with Gasteiger partial charge < -0.3 is 26.0 Å². The van der Waals surface area contributed by atoms with E-state index in [9.17, 15) is 24.6 Å². The minimum absolute atomic E-state index is 0.0250. The normalized spacial score (nSPS) is 26.5. The molecule has 22 heavy (non-hydrogen) atoms. The largest absolute Gasteiger partial charge is 0.480 e. The molecule has 4 atom stereocenters. The zero-order valence-corrected chi connectivity index (χ0v) is 12.7. The summed E-state index contributed by atoms with van der Waals surface area (Å²) in [5.41, 5.74) is 5.30. The maximum atomic E-state index is 12.1. The third-order valence-corrected chi connectivity index (χ3v) is 5.19. The van der Waals surface area contributed by atoms with E-state index in [2.05, 4.69) is 0 Å². The summed E-state index contributed by atoms with van der Waals surface area (Å²) >= 11 is 1.05. The summed E-state index contributed by atoms with van der Waals surface area (Å²) in [6, 6.07) is -1.47. The van der Waals surface area contributed by atoms with Crippen LogP contribution in [0.2, 0.25) is 0 Å². The highest BCUT2D eigenvalue weighted by molar-refractivity contribution is 8.03. The molecule has 0 radical (unpaired) electrons. The van der Waals surface area contributed by atoms with Crippen LogP contribution in [0.15, 0.2) is 10.6 Å². The van der Waals surface area contributed by atoms with Gasteiger partial charge in [0.25, 0.3) is 0 Å². The van der Waals surface area contributed by atoms with Crippen molar-refractivity contribution in [3.05, 3.63) is 10.6 Å². The summed E-state index contributed by atoms with van der Waals surface area (Å²) in [4.78, 5) is 35.8. The lowest BCUT2D eigenvalue weighted by molar-refractivity contribution is -0.162. The van der Waals surface area contributed by atoms with Crippen molar-refractivity contribution in [2.45, 2.75) is 38.0 Å². The van der Waals surface area contributed by atoms with Gasteiger partial charge in [0.05, 0.1) is 18.1 Å². The van der Waals surface area contributed by atoms with Crippen molar-refractivity contribution < 1.29 is 29.7 Å². The van der Waals surface area contributed by atoms with Gasteiger partial charge in [0.2, 0.25) is 5.91 Å². The molecular formula is C13H18N2O6S. The summed E-state index contributed by atoms with van der Waals surface area (Å²) < 4.78 is 0. The number of rotatable bonds is 7. The van der Waals surface area contributed by atoms with Gasteiger partial charge in [-0.1, -0.05) is 6.92 Å². The van der Waals surface area contributed by atoms with Crippen molar-refractivity contribution in [2.75, 3.05) is 5.75 Å². The number of nitrogens with two attached hydrogens (primary N) is 1. The van der Waals surface area contributed by atoms with Crippen molar-refractivity contribution >= 4 is 29.6 Å². The molecule has 0 aliphatic carbocycles. The number of aliphatic hydroxyl groups is 1. The molecule has 1 amide bonds. The molecular weight excluding hydrogens is 312 g/mol. The number of carbonyl (C=O) groups excluding carboxylic acids is 1. The van der Waals surface area contributed by atoms with Gasteiger partial charge in [0.1, 0.15) is 11.7 Å². The highest BCUT2D eigenvalue weighted by Crippen LogP contribution is 2.47. The summed E-state index contributed by atoms with van der Waals surface area (Å²) in [5.74, 6) is -3.36. The fraction of sp³-hybridized carbons (Fsp3) is 0.615. The first kappa shape index (κ1) is 16.8. The molecule has 1 fully saturated rings. The van der Waals surface area contributed by atoms with Gasteiger partial charge in [0, 0.05) is 17.1 Å². The number of nitrogens with zero attached hydrogens (tertiary/aromatic N) is 1. The highest BCUT2D eigenvalue weighted by atomic mass is 32.2. The van der Waals surface area contributed by atoms with E-state index in [0.29, 0.717) is 17.7 Å². The van der Waals surface area contributed by atoms with Crippen LogP contribution in [-0.2, 0) is 14.4 Å². The number of aliphatic hydroxyl groups excluding tert-OH is 1. The van der Waals surface area contributed by atoms with Crippen LogP contribution >= 0.6 is 11.8 Å². The van der Waals surface area contributed by atoms with Gasteiger partial charge in [-0.25, -0.2) is 4.79 Å². The Morgan fingerprint density at radius 3 is 2.59 bits per heavy atom. The molecule has 0 aromatic rings. The van der Waals surface area contributed by atoms with Gasteiger partial charge in [-0.15, -0.1) is 11.8 Å². The predicted octanol–water partition coefficient (Wildman–Crippen LogP) is -0.571. The minimum Gasteiger partial charge on any atom is -0.480 e. The zero-order valence-electron chi connectivity index (χ0n) is 11.9. The predicted molar refractivity (Wildman–Crippen MR) is 77.8 cm³/mol. The van der Waals surface area contributed by atoms with E-state index in [1.54, 1.807) is 6.92 Å². The number of hydrogen-bond acceptors (Lipinski definition) is 6. The van der Waals surface area contributed by atoms with Gasteiger partial charge in [-0.05, 0) is 6.42 Å². The first-order valence-corrected chi connectivity index (χ1v) is 7.86. The van der Waals surface area contributed by atoms with Gasteiger partial charge >= 0.3 is 11.9 Å². The van der Waals surface area contributed by atoms with Crippen LogP contribution in [0.25, 0.3) is 0 Å². The van der Waals surface area contributed by atoms with Crippen LogP contribution < -0.4 is 5.73 Å².